The quantitative estimate of drug-likeness (QED) is 0.599. The largest absolute Gasteiger partial charge is 0.297 e. The Morgan fingerprint density at radius 2 is 1.64 bits per heavy atom. The Labute approximate surface area is 69.8 Å². The molecule has 11 heavy (non-hydrogen) atoms. The lowest BCUT2D eigenvalue weighted by molar-refractivity contribution is 0.250. The molecule has 0 unspecified atom stereocenters. The first-order valence-corrected chi connectivity index (χ1v) is 4.97. The molecule has 2 saturated heterocycles. The van der Waals surface area contributed by atoms with Crippen molar-refractivity contribution in [2.45, 2.75) is 50.6 Å². The van der Waals surface area contributed by atoms with Gasteiger partial charge in [0.25, 0.3) is 0 Å². The summed E-state index contributed by atoms with van der Waals surface area (Å²) < 4.78 is 0. The number of unbranched alkanes of at least 4 members (excludes halogenated alkanes) is 1. The smallest absolute Gasteiger partial charge is 0.00993 e. The fraction of sp³-hybridized carbons (Fsp3) is 0.900. The highest BCUT2D eigenvalue weighted by atomic mass is 15.2. The van der Waals surface area contributed by atoms with Crippen molar-refractivity contribution in [3.05, 3.63) is 6.92 Å². The molecule has 0 atom stereocenters. The number of hydrogen-bond donors (Lipinski definition) is 0. The van der Waals surface area contributed by atoms with Gasteiger partial charge >= 0.3 is 0 Å². The van der Waals surface area contributed by atoms with Crippen molar-refractivity contribution >= 4 is 0 Å². The highest BCUT2D eigenvalue weighted by Crippen LogP contribution is 2.37. The van der Waals surface area contributed by atoms with Gasteiger partial charge in [0.05, 0.1) is 0 Å². The molecule has 0 amide bonds. The zero-order valence-electron chi connectivity index (χ0n) is 7.26. The monoisotopic (exact) mass is 152 g/mol. The van der Waals surface area contributed by atoms with Crippen molar-refractivity contribution < 1.29 is 0 Å². The van der Waals surface area contributed by atoms with Crippen LogP contribution in [0.4, 0.5) is 0 Å². The normalized spacial score (nSPS) is 36.8. The Morgan fingerprint density at radius 1 is 1.09 bits per heavy atom. The molecule has 2 bridgehead atoms. The van der Waals surface area contributed by atoms with Crippen LogP contribution in [-0.4, -0.2) is 23.5 Å². The maximum atomic E-state index is 3.89. The topological polar surface area (TPSA) is 3.24 Å². The Balaban J connectivity index is 1.84. The average molecular weight is 152 g/mol. The van der Waals surface area contributed by atoms with Gasteiger partial charge in [0.15, 0.2) is 0 Å². The molecule has 2 fully saturated rings. The summed E-state index contributed by atoms with van der Waals surface area (Å²) in [6, 6.07) is 1.93. The second kappa shape index (κ2) is 3.14. The number of hydrogen-bond acceptors (Lipinski definition) is 1. The Bertz CT molecular complexity index is 113. The highest BCUT2D eigenvalue weighted by molar-refractivity contribution is 4.94. The molecule has 2 aliphatic rings. The molecule has 0 N–H and O–H groups in total. The van der Waals surface area contributed by atoms with E-state index in [0.717, 1.165) is 18.5 Å². The van der Waals surface area contributed by atoms with E-state index in [4.69, 9.17) is 0 Å². The molecule has 2 heterocycles. The van der Waals surface area contributed by atoms with E-state index in [9.17, 15) is 0 Å². The summed E-state index contributed by atoms with van der Waals surface area (Å²) in [7, 11) is 0. The van der Waals surface area contributed by atoms with Crippen LogP contribution < -0.4 is 0 Å². The van der Waals surface area contributed by atoms with Crippen molar-refractivity contribution in [3.63, 3.8) is 0 Å². The van der Waals surface area contributed by atoms with E-state index in [-0.39, 0.29) is 0 Å². The lowest BCUT2D eigenvalue weighted by Gasteiger charge is -2.20. The van der Waals surface area contributed by atoms with Crippen molar-refractivity contribution in [1.29, 1.82) is 0 Å². The van der Waals surface area contributed by atoms with E-state index < -0.39 is 0 Å². The zero-order chi connectivity index (χ0) is 7.68. The maximum absolute atomic E-state index is 3.89. The third-order valence-electron chi connectivity index (χ3n) is 3.27. The van der Waals surface area contributed by atoms with E-state index in [1.54, 1.807) is 0 Å². The lowest BCUT2D eigenvalue weighted by atomic mass is 10.0. The fourth-order valence-electron chi connectivity index (χ4n) is 2.68. The molecule has 0 aromatic carbocycles. The van der Waals surface area contributed by atoms with Crippen LogP contribution in [0.25, 0.3) is 0 Å². The second-order valence-electron chi connectivity index (χ2n) is 3.91. The van der Waals surface area contributed by atoms with Crippen molar-refractivity contribution in [2.24, 2.45) is 0 Å². The van der Waals surface area contributed by atoms with Gasteiger partial charge in [0.2, 0.25) is 0 Å². The molecular formula is C10H18N. The molecule has 1 heteroatoms. The Hall–Kier alpha value is -0.0400. The molecule has 0 spiro atoms. The van der Waals surface area contributed by atoms with Crippen LogP contribution in [0.15, 0.2) is 0 Å². The molecular weight excluding hydrogens is 134 g/mol. The Kier molecular flexibility index (Phi) is 2.17. The molecule has 0 aromatic rings. The summed E-state index contributed by atoms with van der Waals surface area (Å²) >= 11 is 0. The molecule has 1 radical (unpaired) electrons. The molecule has 2 rings (SSSR count). The van der Waals surface area contributed by atoms with E-state index in [0.29, 0.717) is 0 Å². The van der Waals surface area contributed by atoms with Gasteiger partial charge in [0.1, 0.15) is 0 Å². The van der Waals surface area contributed by atoms with Crippen LogP contribution in [0.5, 0.6) is 0 Å². The minimum absolute atomic E-state index is 0.964. The summed E-state index contributed by atoms with van der Waals surface area (Å²) in [5.74, 6) is 0. The summed E-state index contributed by atoms with van der Waals surface area (Å²) in [6.45, 7) is 5.21. The molecule has 63 valence electrons. The van der Waals surface area contributed by atoms with Crippen molar-refractivity contribution in [2.75, 3.05) is 6.54 Å². The van der Waals surface area contributed by atoms with Gasteiger partial charge < -0.3 is 0 Å². The van der Waals surface area contributed by atoms with Crippen LogP contribution in [0.2, 0.25) is 0 Å². The molecule has 0 aliphatic carbocycles. The Morgan fingerprint density at radius 3 is 2.09 bits per heavy atom. The predicted molar refractivity (Wildman–Crippen MR) is 47.3 cm³/mol. The minimum atomic E-state index is 0.964. The van der Waals surface area contributed by atoms with Crippen molar-refractivity contribution in [3.8, 4) is 0 Å². The van der Waals surface area contributed by atoms with E-state index in [1.807, 2.05) is 0 Å². The molecule has 0 aromatic heterocycles. The predicted octanol–water partition coefficient (Wildman–Crippen LogP) is 2.23. The number of fused-ring (bicyclic) bond motifs is 2. The van der Waals surface area contributed by atoms with Crippen LogP contribution in [0, 0.1) is 6.92 Å². The molecule has 2 aliphatic heterocycles. The summed E-state index contributed by atoms with van der Waals surface area (Å²) in [5, 5.41) is 0. The lowest BCUT2D eigenvalue weighted by Crippen LogP contribution is -2.29. The van der Waals surface area contributed by atoms with Crippen LogP contribution in [0.3, 0.4) is 0 Å². The van der Waals surface area contributed by atoms with E-state index >= 15 is 0 Å². The third-order valence-corrected chi connectivity index (χ3v) is 3.27. The van der Waals surface area contributed by atoms with Gasteiger partial charge in [-0.3, -0.25) is 4.90 Å². The fourth-order valence-corrected chi connectivity index (χ4v) is 2.68. The molecule has 1 nitrogen and oxygen atoms in total. The average Bonchev–Trinajstić information content (AvgIpc) is 2.59. The van der Waals surface area contributed by atoms with Gasteiger partial charge in [-0.15, -0.1) is 0 Å². The first kappa shape index (κ1) is 7.60. The van der Waals surface area contributed by atoms with Gasteiger partial charge in [-0.2, -0.15) is 0 Å². The minimum Gasteiger partial charge on any atom is -0.297 e. The third kappa shape index (κ3) is 1.31. The maximum Gasteiger partial charge on any atom is 0.00993 e. The van der Waals surface area contributed by atoms with Crippen LogP contribution >= 0.6 is 0 Å². The van der Waals surface area contributed by atoms with E-state index in [1.165, 1.54) is 38.6 Å². The highest BCUT2D eigenvalue weighted by Gasteiger charge is 2.38. The van der Waals surface area contributed by atoms with Gasteiger partial charge in [-0.05, 0) is 38.6 Å². The standard InChI is InChI=1S/C10H18N/c1-2-3-8-11-9-4-5-10(11)7-6-9/h9-10H,1-8H2. The number of nitrogens with zero attached hydrogens (tertiary/aromatic N) is 1. The second-order valence-corrected chi connectivity index (χ2v) is 3.91. The van der Waals surface area contributed by atoms with Gasteiger partial charge in [-0.1, -0.05) is 13.3 Å². The van der Waals surface area contributed by atoms with Crippen molar-refractivity contribution in [1.82, 2.24) is 4.90 Å². The SMILES string of the molecule is [CH2]CCCN1C2CCC1CC2. The van der Waals surface area contributed by atoms with Crippen LogP contribution in [-0.2, 0) is 0 Å². The van der Waals surface area contributed by atoms with Gasteiger partial charge in [-0.25, -0.2) is 0 Å². The summed E-state index contributed by atoms with van der Waals surface area (Å²) in [6.07, 6.45) is 8.30. The zero-order valence-corrected chi connectivity index (χ0v) is 7.26. The first-order valence-electron chi connectivity index (χ1n) is 4.97. The summed E-state index contributed by atoms with van der Waals surface area (Å²) in [4.78, 5) is 2.73. The first-order chi connectivity index (χ1) is 5.42. The number of rotatable bonds is 3. The van der Waals surface area contributed by atoms with Crippen LogP contribution in [0.1, 0.15) is 38.5 Å². The van der Waals surface area contributed by atoms with E-state index in [2.05, 4.69) is 11.8 Å². The van der Waals surface area contributed by atoms with Gasteiger partial charge in [0, 0.05) is 12.1 Å². The summed E-state index contributed by atoms with van der Waals surface area (Å²) in [5.41, 5.74) is 0. The molecule has 0 saturated carbocycles.